The van der Waals surface area contributed by atoms with Gasteiger partial charge >= 0.3 is 0 Å². The topological polar surface area (TPSA) is 20.2 Å². The third-order valence-corrected chi connectivity index (χ3v) is 12.6. The first-order valence-corrected chi connectivity index (χ1v) is 13.3. The molecule has 0 amide bonds. The maximum Gasteiger partial charge on any atom is 0.0579 e. The lowest BCUT2D eigenvalue weighted by Gasteiger charge is -2.70. The fourth-order valence-corrected chi connectivity index (χ4v) is 10.9. The lowest BCUT2D eigenvalue weighted by Crippen LogP contribution is -2.62. The van der Waals surface area contributed by atoms with Crippen LogP contribution in [0.2, 0.25) is 0 Å². The fraction of sp³-hybridized carbons (Fsp3) is 0.931. The summed E-state index contributed by atoms with van der Waals surface area (Å²) in [5, 5.41) is 11.0. The summed E-state index contributed by atoms with van der Waals surface area (Å²) in [6.07, 6.45) is 15.9. The van der Waals surface area contributed by atoms with E-state index in [1.54, 1.807) is 5.57 Å². The number of hydrogen-bond donors (Lipinski definition) is 1. The minimum Gasteiger partial charge on any atom is -0.393 e. The summed E-state index contributed by atoms with van der Waals surface area (Å²) >= 11 is 0. The molecule has 0 bridgehead atoms. The number of fused-ring (bicyclic) bond motifs is 7. The molecule has 30 heavy (non-hydrogen) atoms. The maximum atomic E-state index is 11.0. The standard InChI is InChI=1S/C29H48O/c1-8-19-21(30)18-26(4)16-17-28(6)20(24(19)26)10-11-23-27(5)14-9-13-25(2,3)22(27)12-15-29(23,28)7/h10,19,21-24,30H,8-9,11-18H2,1-7H3/t19-,21+,22+,23+,24-,26-,27-,28+,29+/m0/s1. The summed E-state index contributed by atoms with van der Waals surface area (Å²) in [5.74, 6) is 2.80. The molecule has 4 saturated carbocycles. The van der Waals surface area contributed by atoms with Crippen molar-refractivity contribution in [3.63, 3.8) is 0 Å². The van der Waals surface area contributed by atoms with E-state index in [1.807, 2.05) is 0 Å². The molecule has 1 nitrogen and oxygen atoms in total. The van der Waals surface area contributed by atoms with Crippen LogP contribution in [0.4, 0.5) is 0 Å². The van der Waals surface area contributed by atoms with E-state index >= 15 is 0 Å². The molecular weight excluding hydrogens is 364 g/mol. The predicted molar refractivity (Wildman–Crippen MR) is 126 cm³/mol. The lowest BCUT2D eigenvalue weighted by atomic mass is 9.34. The molecule has 5 aliphatic rings. The second-order valence-corrected chi connectivity index (χ2v) is 14.1. The highest BCUT2D eigenvalue weighted by atomic mass is 16.3. The Morgan fingerprint density at radius 3 is 2.37 bits per heavy atom. The van der Waals surface area contributed by atoms with E-state index in [9.17, 15) is 5.11 Å². The van der Waals surface area contributed by atoms with Crippen LogP contribution in [0.5, 0.6) is 0 Å². The van der Waals surface area contributed by atoms with E-state index in [1.165, 1.54) is 51.4 Å². The van der Waals surface area contributed by atoms with E-state index < -0.39 is 0 Å². The van der Waals surface area contributed by atoms with Gasteiger partial charge in [0.1, 0.15) is 0 Å². The van der Waals surface area contributed by atoms with Gasteiger partial charge in [0.05, 0.1) is 6.10 Å². The van der Waals surface area contributed by atoms with Crippen molar-refractivity contribution >= 4 is 0 Å². The van der Waals surface area contributed by atoms with Crippen LogP contribution in [-0.4, -0.2) is 11.2 Å². The van der Waals surface area contributed by atoms with Crippen LogP contribution in [0, 0.1) is 50.7 Å². The van der Waals surface area contributed by atoms with Gasteiger partial charge in [0.2, 0.25) is 0 Å². The van der Waals surface area contributed by atoms with Crippen molar-refractivity contribution in [3.05, 3.63) is 11.6 Å². The van der Waals surface area contributed by atoms with Gasteiger partial charge in [0.15, 0.2) is 0 Å². The molecule has 5 aliphatic carbocycles. The first-order valence-electron chi connectivity index (χ1n) is 13.3. The molecule has 9 atom stereocenters. The van der Waals surface area contributed by atoms with Crippen molar-refractivity contribution in [3.8, 4) is 0 Å². The first-order chi connectivity index (χ1) is 13.9. The Hall–Kier alpha value is -0.300. The average Bonchev–Trinajstić information content (AvgIpc) is 2.91. The molecule has 0 radical (unpaired) electrons. The van der Waals surface area contributed by atoms with Gasteiger partial charge in [-0.3, -0.25) is 0 Å². The monoisotopic (exact) mass is 412 g/mol. The van der Waals surface area contributed by atoms with E-state index in [0.29, 0.717) is 38.9 Å². The van der Waals surface area contributed by atoms with Crippen molar-refractivity contribution in [2.45, 2.75) is 119 Å². The number of allylic oxidation sites excluding steroid dienone is 2. The number of aliphatic hydroxyl groups excluding tert-OH is 1. The molecule has 0 aliphatic heterocycles. The minimum absolute atomic E-state index is 0.0915. The summed E-state index contributed by atoms with van der Waals surface area (Å²) in [7, 11) is 0. The van der Waals surface area contributed by atoms with Gasteiger partial charge in [-0.15, -0.1) is 0 Å². The first kappa shape index (κ1) is 21.5. The molecule has 4 fully saturated rings. The Bertz CT molecular complexity index is 749. The number of hydrogen-bond acceptors (Lipinski definition) is 1. The smallest absolute Gasteiger partial charge is 0.0579 e. The van der Waals surface area contributed by atoms with Gasteiger partial charge < -0.3 is 5.11 Å². The van der Waals surface area contributed by atoms with E-state index in [4.69, 9.17) is 0 Å². The van der Waals surface area contributed by atoms with Gasteiger partial charge in [0.25, 0.3) is 0 Å². The van der Waals surface area contributed by atoms with Gasteiger partial charge in [0, 0.05) is 0 Å². The van der Waals surface area contributed by atoms with Crippen LogP contribution in [0.1, 0.15) is 113 Å². The molecule has 0 unspecified atom stereocenters. The molecule has 0 saturated heterocycles. The number of aliphatic hydroxyl groups is 1. The van der Waals surface area contributed by atoms with Gasteiger partial charge in [-0.1, -0.05) is 73.0 Å². The van der Waals surface area contributed by atoms with Crippen LogP contribution in [-0.2, 0) is 0 Å². The SMILES string of the molecule is CC[C@H]1[C@H](O)C[C@]2(C)CC[C@]3(C)C(=CC[C@@H]4[C@@]5(C)CCCC(C)(C)[C@H]5CC[C@]43C)[C@H]12. The van der Waals surface area contributed by atoms with E-state index in [0.717, 1.165) is 24.7 Å². The summed E-state index contributed by atoms with van der Waals surface area (Å²) in [6, 6.07) is 0. The quantitative estimate of drug-likeness (QED) is 0.436. The molecule has 5 rings (SSSR count). The van der Waals surface area contributed by atoms with Gasteiger partial charge in [-0.05, 0) is 102 Å². The lowest BCUT2D eigenvalue weighted by molar-refractivity contribution is -0.176. The minimum atomic E-state index is -0.0915. The molecule has 0 aromatic rings. The van der Waals surface area contributed by atoms with Crippen molar-refractivity contribution in [1.82, 2.24) is 0 Å². The van der Waals surface area contributed by atoms with Crippen molar-refractivity contribution < 1.29 is 5.11 Å². The summed E-state index contributed by atoms with van der Waals surface area (Å²) in [6.45, 7) is 18.0. The highest BCUT2D eigenvalue weighted by Crippen LogP contribution is 2.76. The van der Waals surface area contributed by atoms with Crippen LogP contribution in [0.15, 0.2) is 11.6 Å². The molecule has 170 valence electrons. The third kappa shape index (κ3) is 2.45. The van der Waals surface area contributed by atoms with E-state index in [2.05, 4.69) is 54.5 Å². The third-order valence-electron chi connectivity index (χ3n) is 12.6. The Labute approximate surface area is 186 Å². The zero-order chi connectivity index (χ0) is 21.7. The van der Waals surface area contributed by atoms with Crippen LogP contribution in [0.3, 0.4) is 0 Å². The zero-order valence-corrected chi connectivity index (χ0v) is 21.0. The normalized spacial score (nSPS) is 56.9. The Morgan fingerprint density at radius 1 is 0.933 bits per heavy atom. The molecule has 1 heteroatoms. The summed E-state index contributed by atoms with van der Waals surface area (Å²) in [4.78, 5) is 0. The van der Waals surface area contributed by atoms with Crippen molar-refractivity contribution in [1.29, 1.82) is 0 Å². The second kappa shape index (κ2) is 6.39. The Morgan fingerprint density at radius 2 is 1.67 bits per heavy atom. The Kier molecular flexibility index (Phi) is 4.59. The summed E-state index contributed by atoms with van der Waals surface area (Å²) < 4.78 is 0. The molecular formula is C29H48O. The molecule has 0 aromatic carbocycles. The van der Waals surface area contributed by atoms with Gasteiger partial charge in [-0.2, -0.15) is 0 Å². The number of rotatable bonds is 1. The van der Waals surface area contributed by atoms with Crippen LogP contribution in [0.25, 0.3) is 0 Å². The van der Waals surface area contributed by atoms with Crippen LogP contribution >= 0.6 is 0 Å². The second-order valence-electron chi connectivity index (χ2n) is 14.1. The summed E-state index contributed by atoms with van der Waals surface area (Å²) in [5.41, 5.74) is 3.86. The fourth-order valence-electron chi connectivity index (χ4n) is 10.9. The average molecular weight is 413 g/mol. The van der Waals surface area contributed by atoms with Crippen LogP contribution < -0.4 is 0 Å². The van der Waals surface area contributed by atoms with E-state index in [-0.39, 0.29) is 6.10 Å². The van der Waals surface area contributed by atoms with Crippen molar-refractivity contribution in [2.24, 2.45) is 50.7 Å². The van der Waals surface area contributed by atoms with Crippen molar-refractivity contribution in [2.75, 3.05) is 0 Å². The zero-order valence-electron chi connectivity index (χ0n) is 21.0. The largest absolute Gasteiger partial charge is 0.393 e. The highest BCUT2D eigenvalue weighted by Gasteiger charge is 2.68. The molecule has 0 spiro atoms. The Balaban J connectivity index is 1.60. The predicted octanol–water partition coefficient (Wildman–Crippen LogP) is 7.78. The molecule has 0 heterocycles. The molecule has 0 aromatic heterocycles. The molecule has 1 N–H and O–H groups in total. The maximum absolute atomic E-state index is 11.0. The highest BCUT2D eigenvalue weighted by molar-refractivity contribution is 5.34. The van der Waals surface area contributed by atoms with Gasteiger partial charge in [-0.25, -0.2) is 0 Å².